The van der Waals surface area contributed by atoms with Crippen LogP contribution in [0.5, 0.6) is 11.5 Å². The van der Waals surface area contributed by atoms with Gasteiger partial charge in [0.25, 0.3) is 0 Å². The number of guanidine groups is 1. The third-order valence-corrected chi connectivity index (χ3v) is 6.02. The van der Waals surface area contributed by atoms with Crippen LogP contribution < -0.4 is 25.0 Å². The van der Waals surface area contributed by atoms with E-state index in [1.165, 1.54) is 11.1 Å². The average molecular weight is 424 g/mol. The summed E-state index contributed by atoms with van der Waals surface area (Å²) in [5.41, 5.74) is 3.47. The van der Waals surface area contributed by atoms with Gasteiger partial charge in [-0.15, -0.1) is 0 Å². The second kappa shape index (κ2) is 9.45. The summed E-state index contributed by atoms with van der Waals surface area (Å²) in [4.78, 5) is 11.3. The van der Waals surface area contributed by atoms with Gasteiger partial charge in [-0.05, 0) is 50.5 Å². The number of aryl methyl sites for hydroxylation is 1. The fraction of sp³-hybridized carbons (Fsp3) is 0.500. The predicted octanol–water partition coefficient (Wildman–Crippen LogP) is 3.06. The van der Waals surface area contributed by atoms with Crippen LogP contribution >= 0.6 is 0 Å². The molecule has 3 heterocycles. The number of piperidine rings is 1. The first kappa shape index (κ1) is 21.3. The summed E-state index contributed by atoms with van der Waals surface area (Å²) in [6.07, 6.45) is 5.18. The second-order valence-electron chi connectivity index (χ2n) is 8.43. The predicted molar refractivity (Wildman–Crippen MR) is 124 cm³/mol. The Balaban J connectivity index is 1.31. The van der Waals surface area contributed by atoms with Gasteiger partial charge >= 0.3 is 0 Å². The van der Waals surface area contributed by atoms with Crippen molar-refractivity contribution in [1.29, 1.82) is 0 Å². The van der Waals surface area contributed by atoms with Crippen molar-refractivity contribution in [2.75, 3.05) is 32.1 Å². The Morgan fingerprint density at radius 1 is 1.29 bits per heavy atom. The van der Waals surface area contributed by atoms with Gasteiger partial charge in [-0.3, -0.25) is 4.99 Å². The number of pyridine rings is 1. The van der Waals surface area contributed by atoms with Crippen molar-refractivity contribution in [3.63, 3.8) is 0 Å². The summed E-state index contributed by atoms with van der Waals surface area (Å²) in [5.74, 6) is 3.72. The molecule has 4 rings (SSSR count). The zero-order valence-electron chi connectivity index (χ0n) is 18.9. The molecule has 2 aromatic rings. The number of anilines is 1. The monoisotopic (exact) mass is 423 g/mol. The maximum absolute atomic E-state index is 5.92. The van der Waals surface area contributed by atoms with Crippen molar-refractivity contribution in [1.82, 2.24) is 15.6 Å². The average Bonchev–Trinajstić information content (AvgIpc) is 3.15. The lowest BCUT2D eigenvalue weighted by Gasteiger charge is -2.33. The molecule has 0 aliphatic carbocycles. The van der Waals surface area contributed by atoms with Gasteiger partial charge in [-0.25, -0.2) is 4.98 Å². The number of hydrogen-bond acceptors (Lipinski definition) is 5. The van der Waals surface area contributed by atoms with Gasteiger partial charge in [0, 0.05) is 56.5 Å². The van der Waals surface area contributed by atoms with Crippen LogP contribution in [0.1, 0.15) is 36.5 Å². The molecule has 7 heteroatoms. The van der Waals surface area contributed by atoms with Crippen LogP contribution in [-0.4, -0.2) is 50.3 Å². The van der Waals surface area contributed by atoms with E-state index in [0.717, 1.165) is 61.2 Å². The number of methoxy groups -OCH3 is 1. The Labute approximate surface area is 184 Å². The van der Waals surface area contributed by atoms with E-state index in [9.17, 15) is 0 Å². The van der Waals surface area contributed by atoms with Crippen molar-refractivity contribution in [2.45, 2.75) is 51.8 Å². The number of benzene rings is 1. The van der Waals surface area contributed by atoms with Crippen LogP contribution in [0.15, 0.2) is 35.5 Å². The second-order valence-corrected chi connectivity index (χ2v) is 8.43. The molecule has 1 fully saturated rings. The molecule has 166 valence electrons. The Morgan fingerprint density at radius 3 is 2.77 bits per heavy atom. The Bertz CT molecular complexity index is 920. The molecule has 0 bridgehead atoms. The maximum atomic E-state index is 5.92. The van der Waals surface area contributed by atoms with Crippen LogP contribution in [0, 0.1) is 6.92 Å². The standard InChI is InChI=1S/C24H33N5O2/c1-16-5-6-23(26-14-16)29-9-7-20(8-10-29)28-24(25-3)27-15-19-13-22-18(11-17(2)31-22)12-21(19)30-4/h5-6,12-14,17,20H,7-11,15H2,1-4H3,(H2,25,27,28). The molecule has 1 aromatic heterocycles. The minimum absolute atomic E-state index is 0.221. The van der Waals surface area contributed by atoms with Crippen molar-refractivity contribution < 1.29 is 9.47 Å². The molecule has 0 saturated carbocycles. The minimum Gasteiger partial charge on any atom is -0.496 e. The zero-order chi connectivity index (χ0) is 21.8. The number of fused-ring (bicyclic) bond motifs is 1. The van der Waals surface area contributed by atoms with E-state index in [-0.39, 0.29) is 6.10 Å². The summed E-state index contributed by atoms with van der Waals surface area (Å²) in [6, 6.07) is 8.81. The lowest BCUT2D eigenvalue weighted by Crippen LogP contribution is -2.48. The smallest absolute Gasteiger partial charge is 0.191 e. The van der Waals surface area contributed by atoms with Gasteiger partial charge in [-0.1, -0.05) is 6.07 Å². The van der Waals surface area contributed by atoms with E-state index in [1.54, 1.807) is 7.11 Å². The SMILES string of the molecule is CN=C(NCc1cc2c(cc1OC)CC(C)O2)NC1CCN(c2ccc(C)cn2)CC1. The van der Waals surface area contributed by atoms with E-state index < -0.39 is 0 Å². The first-order valence-corrected chi connectivity index (χ1v) is 11.1. The van der Waals surface area contributed by atoms with E-state index in [2.05, 4.69) is 63.6 Å². The van der Waals surface area contributed by atoms with Crippen molar-refractivity contribution in [3.8, 4) is 11.5 Å². The fourth-order valence-corrected chi connectivity index (χ4v) is 4.28. The number of ether oxygens (including phenoxy) is 2. The van der Waals surface area contributed by atoms with E-state index in [1.807, 2.05) is 13.2 Å². The third kappa shape index (κ3) is 5.03. The summed E-state index contributed by atoms with van der Waals surface area (Å²) in [7, 11) is 3.53. The number of aromatic nitrogens is 1. The summed E-state index contributed by atoms with van der Waals surface area (Å²) in [6.45, 7) is 6.76. The van der Waals surface area contributed by atoms with Crippen LogP contribution in [0.4, 0.5) is 5.82 Å². The van der Waals surface area contributed by atoms with Gasteiger partial charge in [-0.2, -0.15) is 0 Å². The molecule has 7 nitrogen and oxygen atoms in total. The molecular weight excluding hydrogens is 390 g/mol. The van der Waals surface area contributed by atoms with E-state index in [4.69, 9.17) is 9.47 Å². The number of nitrogens with zero attached hydrogens (tertiary/aromatic N) is 3. The maximum Gasteiger partial charge on any atom is 0.191 e. The van der Waals surface area contributed by atoms with Gasteiger partial charge in [0.2, 0.25) is 0 Å². The third-order valence-electron chi connectivity index (χ3n) is 6.02. The Morgan fingerprint density at radius 2 is 2.10 bits per heavy atom. The number of nitrogens with one attached hydrogen (secondary N) is 2. The molecule has 1 aromatic carbocycles. The van der Waals surface area contributed by atoms with Crippen LogP contribution in [0.2, 0.25) is 0 Å². The molecule has 0 amide bonds. The number of rotatable bonds is 5. The summed E-state index contributed by atoms with van der Waals surface area (Å²) in [5, 5.41) is 7.01. The lowest BCUT2D eigenvalue weighted by atomic mass is 10.0. The fourth-order valence-electron chi connectivity index (χ4n) is 4.28. The van der Waals surface area contributed by atoms with E-state index in [0.29, 0.717) is 12.6 Å². The molecule has 0 radical (unpaired) electrons. The lowest BCUT2D eigenvalue weighted by molar-refractivity contribution is 0.254. The summed E-state index contributed by atoms with van der Waals surface area (Å²) < 4.78 is 11.5. The zero-order valence-corrected chi connectivity index (χ0v) is 18.9. The number of aliphatic imine (C=N–C) groups is 1. The van der Waals surface area contributed by atoms with E-state index >= 15 is 0 Å². The van der Waals surface area contributed by atoms with Crippen LogP contribution in [0.3, 0.4) is 0 Å². The molecule has 2 aliphatic heterocycles. The van der Waals surface area contributed by atoms with Crippen molar-refractivity contribution >= 4 is 11.8 Å². The van der Waals surface area contributed by atoms with Crippen molar-refractivity contribution in [3.05, 3.63) is 47.2 Å². The molecule has 1 atom stereocenters. The van der Waals surface area contributed by atoms with Crippen molar-refractivity contribution in [2.24, 2.45) is 4.99 Å². The molecule has 2 N–H and O–H groups in total. The van der Waals surface area contributed by atoms with Gasteiger partial charge < -0.3 is 25.0 Å². The molecule has 0 spiro atoms. The molecule has 31 heavy (non-hydrogen) atoms. The van der Waals surface area contributed by atoms with Crippen LogP contribution in [-0.2, 0) is 13.0 Å². The highest BCUT2D eigenvalue weighted by atomic mass is 16.5. The minimum atomic E-state index is 0.221. The van der Waals surface area contributed by atoms with Crippen LogP contribution in [0.25, 0.3) is 0 Å². The Hall–Kier alpha value is -2.96. The van der Waals surface area contributed by atoms with Gasteiger partial charge in [0.1, 0.15) is 23.4 Å². The Kier molecular flexibility index (Phi) is 6.49. The van der Waals surface area contributed by atoms with Gasteiger partial charge in [0.05, 0.1) is 7.11 Å². The molecule has 1 unspecified atom stereocenters. The topological polar surface area (TPSA) is 71.0 Å². The van der Waals surface area contributed by atoms with Gasteiger partial charge in [0.15, 0.2) is 5.96 Å². The quantitative estimate of drug-likeness (QED) is 0.569. The largest absolute Gasteiger partial charge is 0.496 e. The summed E-state index contributed by atoms with van der Waals surface area (Å²) >= 11 is 0. The number of hydrogen-bond donors (Lipinski definition) is 2. The normalized spacial score (nSPS) is 19.0. The first-order valence-electron chi connectivity index (χ1n) is 11.1. The molecule has 2 aliphatic rings. The molecular formula is C24H33N5O2. The first-order chi connectivity index (χ1) is 15.1. The highest BCUT2D eigenvalue weighted by Gasteiger charge is 2.23. The molecule has 1 saturated heterocycles. The highest BCUT2D eigenvalue weighted by Crippen LogP contribution is 2.34. The highest BCUT2D eigenvalue weighted by molar-refractivity contribution is 5.80.